The van der Waals surface area contributed by atoms with E-state index in [-0.39, 0.29) is 132 Å². The maximum Gasteiger partial charge on any atom is 2.00 e. The van der Waals surface area contributed by atoms with Gasteiger partial charge in [-0.25, -0.2) is 0 Å². The second kappa shape index (κ2) is 66.3. The van der Waals surface area contributed by atoms with Gasteiger partial charge in [-0.3, -0.25) is 8.42 Å². The Labute approximate surface area is 157 Å². The molecular formula is H14Cl2MgO11SSr. The summed E-state index contributed by atoms with van der Waals surface area (Å²) in [5.41, 5.74) is 0. The maximum absolute atomic E-state index is 8.52. The average molecular weight is 405 g/mol. The predicted octanol–water partition coefficient (Wildman–Crippen LogP) is -13.9. The smallest absolute Gasteiger partial charge is 1.00 e. The zero-order chi connectivity index (χ0) is 4.50. The van der Waals surface area contributed by atoms with Gasteiger partial charge in [0, 0.05) is 10.4 Å². The third-order valence-electron chi connectivity index (χ3n) is 0. The summed E-state index contributed by atoms with van der Waals surface area (Å²) in [6.07, 6.45) is 0. The summed E-state index contributed by atoms with van der Waals surface area (Å²) in [6, 6.07) is 0. The summed E-state index contributed by atoms with van der Waals surface area (Å²) < 4.78 is 34.1. The van der Waals surface area contributed by atoms with Crippen molar-refractivity contribution in [2.45, 2.75) is 0 Å². The van der Waals surface area contributed by atoms with E-state index in [0.29, 0.717) is 0 Å². The summed E-state index contributed by atoms with van der Waals surface area (Å²) in [5, 5.41) is 0. The van der Waals surface area contributed by atoms with E-state index in [1.54, 1.807) is 0 Å². The van der Waals surface area contributed by atoms with Gasteiger partial charge in [0.15, 0.2) is 0 Å². The van der Waals surface area contributed by atoms with E-state index in [1.165, 1.54) is 0 Å². The van der Waals surface area contributed by atoms with Crippen molar-refractivity contribution in [1.82, 2.24) is 0 Å². The predicted molar refractivity (Wildman–Crippen MR) is 47.3 cm³/mol. The molecule has 0 saturated carbocycles. The zero-order valence-corrected chi connectivity index (χ0v) is 14.9. The second-order valence-corrected chi connectivity index (χ2v) is 1.22. The first-order chi connectivity index (χ1) is 2.00. The van der Waals surface area contributed by atoms with Crippen LogP contribution in [0.2, 0.25) is 0 Å². The van der Waals surface area contributed by atoms with Crippen LogP contribution >= 0.6 is 0 Å². The van der Waals surface area contributed by atoms with Gasteiger partial charge in [-0.15, -0.1) is 0 Å². The van der Waals surface area contributed by atoms with Crippen molar-refractivity contribution < 1.29 is 80.7 Å². The van der Waals surface area contributed by atoms with Crippen molar-refractivity contribution in [3.63, 3.8) is 0 Å². The van der Waals surface area contributed by atoms with Crippen LogP contribution in [-0.2, 0) is 10.4 Å². The molecule has 0 atom stereocenters. The standard InChI is InChI=1S/2ClH.Mg.H2O4S.7H2O.Sr/c;;;1-5(2,3)4;;;;;;;;/h2*1H;;(H2,1,2,3,4);7*1H2;/q;;+2;;;;;;;;;+2/p-4. The van der Waals surface area contributed by atoms with E-state index < -0.39 is 10.4 Å². The molecule has 0 bridgehead atoms. The molecule has 16 heteroatoms. The summed E-state index contributed by atoms with van der Waals surface area (Å²) in [7, 11) is -5.17. The van der Waals surface area contributed by atoms with E-state index in [4.69, 9.17) is 17.5 Å². The van der Waals surface area contributed by atoms with Crippen LogP contribution in [0, 0.1) is 0 Å². The number of rotatable bonds is 0. The van der Waals surface area contributed by atoms with Crippen LogP contribution in [0.1, 0.15) is 0 Å². The SMILES string of the molecule is O.O.O.O.O.O.O.O=S(=O)([O-])[O-].[Cl-].[Cl-].[Mg+2].[Sr+2]. The molecular weight excluding hydrogens is 391 g/mol. The van der Waals surface area contributed by atoms with Crippen molar-refractivity contribution in [2.75, 3.05) is 0 Å². The molecule has 0 aliphatic carbocycles. The van der Waals surface area contributed by atoms with E-state index in [1.807, 2.05) is 0 Å². The van der Waals surface area contributed by atoms with Crippen molar-refractivity contribution in [1.29, 1.82) is 0 Å². The first-order valence-corrected chi connectivity index (χ1v) is 2.00. The Bertz CT molecular complexity index is 107. The minimum absolute atomic E-state index is 0. The van der Waals surface area contributed by atoms with Gasteiger partial charge in [-0.1, -0.05) is 0 Å². The molecule has 0 saturated heterocycles. The van der Waals surface area contributed by atoms with Crippen molar-refractivity contribution in [3.8, 4) is 0 Å². The van der Waals surface area contributed by atoms with E-state index >= 15 is 0 Å². The van der Waals surface area contributed by atoms with Crippen molar-refractivity contribution in [2.24, 2.45) is 0 Å². The number of hydrogen-bond acceptors (Lipinski definition) is 4. The van der Waals surface area contributed by atoms with Crippen LogP contribution < -0.4 is 24.8 Å². The van der Waals surface area contributed by atoms with E-state index in [2.05, 4.69) is 0 Å². The molecule has 104 valence electrons. The van der Waals surface area contributed by atoms with Crippen LogP contribution in [0.4, 0.5) is 0 Å². The molecule has 0 aliphatic heterocycles. The minimum atomic E-state index is -5.17. The molecule has 0 aromatic heterocycles. The first-order valence-electron chi connectivity index (χ1n) is 0.667. The second-order valence-electron chi connectivity index (χ2n) is 0.408. The Morgan fingerprint density at radius 1 is 0.625 bits per heavy atom. The first kappa shape index (κ1) is 136. The summed E-state index contributed by atoms with van der Waals surface area (Å²) in [6.45, 7) is 0. The number of hydrogen-bond donors (Lipinski definition) is 0. The zero-order valence-electron chi connectivity index (χ0n) is 7.71. The van der Waals surface area contributed by atoms with Crippen LogP contribution in [0.25, 0.3) is 0 Å². The normalized spacial score (nSPS) is 3.62. The summed E-state index contributed by atoms with van der Waals surface area (Å²) in [5.74, 6) is 0. The molecule has 0 fully saturated rings. The topological polar surface area (TPSA) is 301 Å². The van der Waals surface area contributed by atoms with E-state index in [0.717, 1.165) is 0 Å². The third-order valence-corrected chi connectivity index (χ3v) is 0. The van der Waals surface area contributed by atoms with E-state index in [9.17, 15) is 0 Å². The molecule has 0 unspecified atom stereocenters. The van der Waals surface area contributed by atoms with Gasteiger partial charge in [-0.05, 0) is 0 Å². The Morgan fingerprint density at radius 3 is 0.625 bits per heavy atom. The van der Waals surface area contributed by atoms with Gasteiger partial charge in [0.2, 0.25) is 0 Å². The monoisotopic (exact) mass is 404 g/mol. The van der Waals surface area contributed by atoms with Crippen LogP contribution in [0.3, 0.4) is 0 Å². The molecule has 0 aliphatic rings. The average Bonchev–Trinajstić information content (AvgIpc) is 0.722. The molecule has 14 N–H and O–H groups in total. The van der Waals surface area contributed by atoms with Crippen LogP contribution in [-0.4, -0.2) is 124 Å². The molecule has 16 heavy (non-hydrogen) atoms. The Balaban J connectivity index is -0.00000000145. The Kier molecular flexibility index (Phi) is 562. The van der Waals surface area contributed by atoms with Gasteiger partial charge in [0.05, 0.1) is 0 Å². The molecule has 11 nitrogen and oxygen atoms in total. The molecule has 0 amide bonds. The fourth-order valence-electron chi connectivity index (χ4n) is 0. The van der Waals surface area contributed by atoms with Gasteiger partial charge >= 0.3 is 68.5 Å². The molecule has 0 spiro atoms. The largest absolute Gasteiger partial charge is 2.00 e. The van der Waals surface area contributed by atoms with Gasteiger partial charge in [0.25, 0.3) is 0 Å². The maximum atomic E-state index is 8.52. The molecule has 0 aromatic rings. The quantitative estimate of drug-likeness (QED) is 0.215. The Hall–Kier alpha value is 2.42. The fourth-order valence-corrected chi connectivity index (χ4v) is 0. The van der Waals surface area contributed by atoms with Gasteiger partial charge in [-0.2, -0.15) is 0 Å². The van der Waals surface area contributed by atoms with Gasteiger partial charge < -0.3 is 72.3 Å². The fraction of sp³-hybridized carbons (Fsp3) is 0. The molecule has 0 rings (SSSR count). The molecule has 0 aromatic carbocycles. The van der Waals surface area contributed by atoms with Crippen molar-refractivity contribution in [3.05, 3.63) is 0 Å². The minimum Gasteiger partial charge on any atom is -1.00 e. The summed E-state index contributed by atoms with van der Waals surface area (Å²) >= 11 is 0. The molecule has 0 radical (unpaired) electrons. The Morgan fingerprint density at radius 2 is 0.625 bits per heavy atom. The van der Waals surface area contributed by atoms with Crippen LogP contribution in [0.5, 0.6) is 0 Å². The third kappa shape index (κ3) is 668. The summed E-state index contributed by atoms with van der Waals surface area (Å²) in [4.78, 5) is 0. The van der Waals surface area contributed by atoms with Gasteiger partial charge in [0.1, 0.15) is 0 Å². The number of halogens is 2. The molecule has 0 heterocycles. The van der Waals surface area contributed by atoms with Crippen molar-refractivity contribution >= 4 is 78.9 Å². The van der Waals surface area contributed by atoms with Crippen LogP contribution in [0.15, 0.2) is 0 Å².